The van der Waals surface area contributed by atoms with Gasteiger partial charge in [-0.15, -0.1) is 0 Å². The molecule has 11 heteroatoms. The smallest absolute Gasteiger partial charge is 0.408 e. The number of rotatable bonds is 13. The molecule has 2 aliphatic rings. The molecule has 3 N–H and O–H groups in total. The van der Waals surface area contributed by atoms with Crippen LogP contribution in [0.25, 0.3) is 0 Å². The van der Waals surface area contributed by atoms with Crippen molar-refractivity contribution in [3.05, 3.63) is 143 Å². The monoisotopic (exact) mass is 721 g/mol. The van der Waals surface area contributed by atoms with Gasteiger partial charge in [0, 0.05) is 24.1 Å². The zero-order valence-corrected chi connectivity index (χ0v) is 30.2. The third kappa shape index (κ3) is 9.19. The minimum atomic E-state index is -0.994. The van der Waals surface area contributed by atoms with E-state index in [0.29, 0.717) is 6.54 Å². The summed E-state index contributed by atoms with van der Waals surface area (Å²) in [5, 5.41) is 23.3. The highest BCUT2D eigenvalue weighted by atomic mass is 16.7. The molecule has 2 heterocycles. The zero-order valence-electron chi connectivity index (χ0n) is 30.2. The van der Waals surface area contributed by atoms with Gasteiger partial charge < -0.3 is 29.7 Å². The number of amides is 3. The first-order chi connectivity index (χ1) is 25.6. The molecule has 0 aliphatic carbocycles. The number of carbonyl (C=O) groups is 3. The lowest BCUT2D eigenvalue weighted by molar-refractivity contribution is -0.276. The Labute approximate surface area is 310 Å². The van der Waals surface area contributed by atoms with E-state index in [-0.39, 0.29) is 56.3 Å². The van der Waals surface area contributed by atoms with E-state index in [4.69, 9.17) is 14.2 Å². The summed E-state index contributed by atoms with van der Waals surface area (Å²) in [4.78, 5) is 41.6. The van der Waals surface area contributed by atoms with Crippen molar-refractivity contribution >= 4 is 17.9 Å². The van der Waals surface area contributed by atoms with Crippen LogP contribution >= 0.6 is 0 Å². The van der Waals surface area contributed by atoms with Gasteiger partial charge in [0.15, 0.2) is 6.29 Å². The second-order valence-corrected chi connectivity index (χ2v) is 13.9. The van der Waals surface area contributed by atoms with Gasteiger partial charge in [0.1, 0.15) is 12.6 Å². The van der Waals surface area contributed by atoms with Crippen LogP contribution in [0.1, 0.15) is 72.1 Å². The Morgan fingerprint density at radius 3 is 2.17 bits per heavy atom. The lowest BCUT2D eigenvalue weighted by Gasteiger charge is -2.43. The van der Waals surface area contributed by atoms with Crippen LogP contribution in [0.3, 0.4) is 0 Å². The van der Waals surface area contributed by atoms with E-state index in [0.717, 1.165) is 38.3 Å². The molecule has 0 bridgehead atoms. The highest BCUT2D eigenvalue weighted by molar-refractivity contribution is 6.06. The van der Waals surface area contributed by atoms with Crippen molar-refractivity contribution in [2.24, 2.45) is 5.92 Å². The summed E-state index contributed by atoms with van der Waals surface area (Å²) in [5.41, 5.74) is 4.91. The summed E-state index contributed by atoms with van der Waals surface area (Å²) >= 11 is 0. The molecule has 53 heavy (non-hydrogen) atoms. The molecule has 0 aromatic heterocycles. The van der Waals surface area contributed by atoms with Crippen LogP contribution in [-0.4, -0.2) is 69.7 Å². The number of carbonyl (C=O) groups excluding carboxylic acids is 3. The Balaban J connectivity index is 1.12. The Morgan fingerprint density at radius 2 is 1.51 bits per heavy atom. The number of ether oxygens (including phenoxy) is 3. The molecule has 1 unspecified atom stereocenters. The number of aliphatic hydroxyl groups excluding tert-OH is 2. The Kier molecular flexibility index (Phi) is 12.3. The predicted molar refractivity (Wildman–Crippen MR) is 197 cm³/mol. The first-order valence-corrected chi connectivity index (χ1v) is 18.0. The van der Waals surface area contributed by atoms with E-state index < -0.39 is 30.4 Å². The Morgan fingerprint density at radius 1 is 0.887 bits per heavy atom. The maximum Gasteiger partial charge on any atom is 0.408 e. The van der Waals surface area contributed by atoms with Crippen molar-refractivity contribution < 1.29 is 38.8 Å². The van der Waals surface area contributed by atoms with Crippen molar-refractivity contribution in [1.82, 2.24) is 15.1 Å². The molecule has 278 valence electrons. The van der Waals surface area contributed by atoms with Crippen molar-refractivity contribution in [2.75, 3.05) is 13.6 Å². The lowest BCUT2D eigenvalue weighted by Crippen LogP contribution is -2.46. The standard InChI is InChI=1S/C42H47N3O8/c1-27-36(24-44(3)28(2)38(48)32-12-8-5-9-13-32)52-41(53-39(27)33-18-16-30(25-46)17-19-33)34-20-14-29(15-21-34)23-45-37(47)22-35(40(45)49)43-42(50)51-26-31-10-6-4-7-11-31/h4-21,27-28,35-36,38-39,41,46,48H,22-26H2,1-3H3,(H,43,50)/t27-,28-,35?,36+,38-,39+,41+/m0/s1. The number of benzene rings is 4. The van der Waals surface area contributed by atoms with Gasteiger partial charge in [0.2, 0.25) is 5.91 Å². The normalized spacial score (nSPS) is 22.8. The highest BCUT2D eigenvalue weighted by Gasteiger charge is 2.41. The first kappa shape index (κ1) is 37.8. The number of hydrogen-bond acceptors (Lipinski definition) is 9. The summed E-state index contributed by atoms with van der Waals surface area (Å²) in [6.45, 7) is 4.67. The second kappa shape index (κ2) is 17.3. The summed E-state index contributed by atoms with van der Waals surface area (Å²) in [6, 6.07) is 32.7. The van der Waals surface area contributed by atoms with Crippen molar-refractivity contribution in [3.8, 4) is 0 Å². The van der Waals surface area contributed by atoms with E-state index in [1.54, 1.807) is 0 Å². The summed E-state index contributed by atoms with van der Waals surface area (Å²) in [6.07, 6.45) is -2.90. The Bertz CT molecular complexity index is 1820. The number of likely N-dealkylation sites (N-methyl/N-ethyl adjacent to an activating group) is 1. The van der Waals surface area contributed by atoms with Crippen molar-refractivity contribution in [1.29, 1.82) is 0 Å². The molecule has 11 nitrogen and oxygen atoms in total. The van der Waals surface area contributed by atoms with E-state index in [2.05, 4.69) is 17.1 Å². The second-order valence-electron chi connectivity index (χ2n) is 13.9. The molecule has 0 saturated carbocycles. The van der Waals surface area contributed by atoms with Crippen LogP contribution < -0.4 is 5.32 Å². The maximum atomic E-state index is 13.1. The summed E-state index contributed by atoms with van der Waals surface area (Å²) in [5.74, 6) is -0.926. The van der Waals surface area contributed by atoms with Gasteiger partial charge in [-0.05, 0) is 41.8 Å². The van der Waals surface area contributed by atoms with E-state index in [9.17, 15) is 24.6 Å². The fourth-order valence-corrected chi connectivity index (χ4v) is 6.78. The van der Waals surface area contributed by atoms with Gasteiger partial charge in [-0.1, -0.05) is 116 Å². The highest BCUT2D eigenvalue weighted by Crippen LogP contribution is 2.42. The average molecular weight is 722 g/mol. The number of nitrogens with one attached hydrogen (secondary N) is 1. The third-order valence-electron chi connectivity index (χ3n) is 10.2. The van der Waals surface area contributed by atoms with E-state index in [1.165, 1.54) is 0 Å². The quantitative estimate of drug-likeness (QED) is 0.151. The number of imide groups is 1. The van der Waals surface area contributed by atoms with Gasteiger partial charge >= 0.3 is 6.09 Å². The molecular formula is C42H47N3O8. The fourth-order valence-electron chi connectivity index (χ4n) is 6.78. The molecule has 3 amide bonds. The molecule has 0 spiro atoms. The maximum absolute atomic E-state index is 13.1. The number of alkyl carbamates (subject to hydrolysis) is 1. The summed E-state index contributed by atoms with van der Waals surface area (Å²) < 4.78 is 18.5. The molecular weight excluding hydrogens is 674 g/mol. The topological polar surface area (TPSA) is 138 Å². The van der Waals surface area contributed by atoms with Crippen molar-refractivity contribution in [3.63, 3.8) is 0 Å². The van der Waals surface area contributed by atoms with Gasteiger partial charge in [0.25, 0.3) is 5.91 Å². The number of likely N-dealkylation sites (tertiary alicyclic amines) is 1. The number of nitrogens with zero attached hydrogens (tertiary/aromatic N) is 2. The van der Waals surface area contributed by atoms with Crippen LogP contribution in [0.4, 0.5) is 4.79 Å². The first-order valence-electron chi connectivity index (χ1n) is 18.0. The van der Waals surface area contributed by atoms with Gasteiger partial charge in [-0.3, -0.25) is 19.4 Å². The minimum Gasteiger partial charge on any atom is -0.445 e. The van der Waals surface area contributed by atoms with Gasteiger partial charge in [0.05, 0.1) is 37.9 Å². The Hall–Kier alpha value is -4.91. The van der Waals surface area contributed by atoms with E-state index in [1.807, 2.05) is 123 Å². The third-order valence-corrected chi connectivity index (χ3v) is 10.2. The van der Waals surface area contributed by atoms with Crippen LogP contribution in [0.5, 0.6) is 0 Å². The van der Waals surface area contributed by atoms with Gasteiger partial charge in [-0.25, -0.2) is 4.79 Å². The molecule has 4 aromatic rings. The molecule has 2 saturated heterocycles. The largest absolute Gasteiger partial charge is 0.445 e. The average Bonchev–Trinajstić information content (AvgIpc) is 3.45. The van der Waals surface area contributed by atoms with Crippen LogP contribution in [0, 0.1) is 5.92 Å². The number of hydrogen-bond donors (Lipinski definition) is 3. The molecule has 2 aliphatic heterocycles. The zero-order chi connectivity index (χ0) is 37.5. The van der Waals surface area contributed by atoms with Crippen molar-refractivity contribution in [2.45, 2.75) is 76.7 Å². The SMILES string of the molecule is C[C@H]1[C@@H](CN(C)[C@@H](C)[C@H](O)c2ccccc2)O[C@@H](c2ccc(CN3C(=O)CC(NC(=O)OCc4ccccc4)C3=O)cc2)O[C@H]1c1ccc(CO)cc1. The fraction of sp³-hybridized carbons (Fsp3) is 0.357. The van der Waals surface area contributed by atoms with Crippen LogP contribution in [-0.2, 0) is 43.6 Å². The van der Waals surface area contributed by atoms with E-state index >= 15 is 0 Å². The summed E-state index contributed by atoms with van der Waals surface area (Å²) in [7, 11) is 1.98. The van der Waals surface area contributed by atoms with Crippen LogP contribution in [0.15, 0.2) is 109 Å². The minimum absolute atomic E-state index is 0.0491. The molecule has 2 fully saturated rings. The molecule has 4 aromatic carbocycles. The predicted octanol–water partition coefficient (Wildman–Crippen LogP) is 5.58. The molecule has 0 radical (unpaired) electrons. The molecule has 7 atom stereocenters. The van der Waals surface area contributed by atoms with Gasteiger partial charge in [-0.2, -0.15) is 0 Å². The number of aliphatic hydroxyl groups is 2. The lowest BCUT2D eigenvalue weighted by atomic mass is 9.89. The van der Waals surface area contributed by atoms with Crippen LogP contribution in [0.2, 0.25) is 0 Å². The molecule has 6 rings (SSSR count).